The molecule has 1 aliphatic heterocycles. The van der Waals surface area contributed by atoms with E-state index in [1.807, 2.05) is 30.3 Å². The van der Waals surface area contributed by atoms with Crippen LogP contribution in [0.25, 0.3) is 11.8 Å². The number of likely N-dealkylation sites (tertiary alicyclic amines) is 1. The molecule has 2 N–H and O–H groups in total. The Morgan fingerprint density at radius 2 is 1.80 bits per heavy atom. The molecule has 2 amide bonds. The number of halogens is 1. The number of nitrogens with one attached hydrogen (secondary N) is 1. The van der Waals surface area contributed by atoms with Crippen LogP contribution >= 0.6 is 11.6 Å². The molecule has 0 spiro atoms. The van der Waals surface area contributed by atoms with Gasteiger partial charge in [-0.3, -0.25) is 14.4 Å². The van der Waals surface area contributed by atoms with Crippen molar-refractivity contribution in [2.75, 3.05) is 6.54 Å². The minimum Gasteiger partial charge on any atom is -0.481 e. The predicted octanol–water partition coefficient (Wildman–Crippen LogP) is 3.86. The molecule has 1 aliphatic carbocycles. The third-order valence-electron chi connectivity index (χ3n) is 7.82. The average Bonchev–Trinajstić information content (AvgIpc) is 3.51. The van der Waals surface area contributed by atoms with Crippen molar-refractivity contribution in [3.63, 3.8) is 0 Å². The second kappa shape index (κ2) is 12.4. The number of hydrogen-bond acceptors (Lipinski definition) is 6. The van der Waals surface area contributed by atoms with Gasteiger partial charge in [0.05, 0.1) is 11.6 Å². The number of amides is 2. The molecule has 0 bridgehead atoms. The summed E-state index contributed by atoms with van der Waals surface area (Å²) in [5, 5.41) is 24.3. The van der Waals surface area contributed by atoms with Crippen molar-refractivity contribution in [3.05, 3.63) is 77.1 Å². The zero-order chi connectivity index (χ0) is 28.1. The smallest absolute Gasteiger partial charge is 0.306 e. The highest BCUT2D eigenvalue weighted by atomic mass is 35.5. The number of tetrazole rings is 1. The maximum absolute atomic E-state index is 13.8. The molecule has 0 radical (unpaired) electrons. The van der Waals surface area contributed by atoms with Crippen LogP contribution in [0.2, 0.25) is 5.02 Å². The molecule has 10 nitrogen and oxygen atoms in total. The number of hydrogen-bond donors (Lipinski definition) is 2. The molecule has 5 rings (SSSR count). The maximum atomic E-state index is 13.8. The lowest BCUT2D eigenvalue weighted by Crippen LogP contribution is -2.56. The standard InChI is InChI=1S/C29H31ClN6O4/c30-22-11-14-25(36-18-31-33-34-36)21(17-22)10-15-26(37)35-16-4-7-24(19-5-2-1-3-6-19)27(35)28(38)32-23-12-8-20(9-13-23)29(39)40/h1-3,5-6,10-11,14-15,17-18,20,23-24,27H,4,7-9,12-13,16H2,(H,32,38)(H,39,40)/b15-10+/t20?,23?,24-,27-/m1/s1. The highest BCUT2D eigenvalue weighted by Crippen LogP contribution is 2.34. The van der Waals surface area contributed by atoms with Crippen LogP contribution in [0.5, 0.6) is 0 Å². The molecule has 0 unspecified atom stereocenters. The first kappa shape index (κ1) is 27.5. The number of carboxylic acid groups (broad SMARTS) is 1. The van der Waals surface area contributed by atoms with E-state index in [-0.39, 0.29) is 29.7 Å². The van der Waals surface area contributed by atoms with Gasteiger partial charge in [0.2, 0.25) is 11.8 Å². The Bertz CT molecular complexity index is 1370. The van der Waals surface area contributed by atoms with Crippen LogP contribution < -0.4 is 5.32 Å². The zero-order valence-electron chi connectivity index (χ0n) is 21.9. The Kier molecular flexibility index (Phi) is 8.54. The molecule has 208 valence electrons. The van der Waals surface area contributed by atoms with Crippen molar-refractivity contribution in [3.8, 4) is 5.69 Å². The molecule has 2 aliphatic rings. The van der Waals surface area contributed by atoms with Gasteiger partial charge in [0.1, 0.15) is 12.4 Å². The number of rotatable bonds is 7. The highest BCUT2D eigenvalue weighted by Gasteiger charge is 2.40. The first-order chi connectivity index (χ1) is 19.4. The second-order valence-corrected chi connectivity index (χ2v) is 10.8. The van der Waals surface area contributed by atoms with Crippen LogP contribution in [0.1, 0.15) is 55.6 Å². The molecule has 2 atom stereocenters. The fraction of sp³-hybridized carbons (Fsp3) is 0.379. The van der Waals surface area contributed by atoms with E-state index in [4.69, 9.17) is 11.6 Å². The zero-order valence-corrected chi connectivity index (χ0v) is 22.7. The molecule has 2 heterocycles. The molecule has 40 heavy (non-hydrogen) atoms. The van der Waals surface area contributed by atoms with Gasteiger partial charge in [-0.15, -0.1) is 5.10 Å². The van der Waals surface area contributed by atoms with Crippen LogP contribution in [-0.2, 0) is 14.4 Å². The predicted molar refractivity (Wildman–Crippen MR) is 149 cm³/mol. The number of piperidine rings is 1. The number of benzene rings is 2. The monoisotopic (exact) mass is 562 g/mol. The molecule has 3 aromatic rings. The van der Waals surface area contributed by atoms with Crippen molar-refractivity contribution in [2.45, 2.75) is 56.5 Å². The minimum absolute atomic E-state index is 0.112. The van der Waals surface area contributed by atoms with Crippen LogP contribution in [0.15, 0.2) is 60.9 Å². The van der Waals surface area contributed by atoms with E-state index >= 15 is 0 Å². The lowest BCUT2D eigenvalue weighted by molar-refractivity contribution is -0.143. The number of carbonyl (C=O) groups is 3. The Balaban J connectivity index is 1.39. The summed E-state index contributed by atoms with van der Waals surface area (Å²) < 4.78 is 1.49. The molecule has 2 aromatic carbocycles. The van der Waals surface area contributed by atoms with Crippen LogP contribution in [0.3, 0.4) is 0 Å². The third-order valence-corrected chi connectivity index (χ3v) is 8.06. The van der Waals surface area contributed by atoms with Crippen molar-refractivity contribution in [2.24, 2.45) is 5.92 Å². The summed E-state index contributed by atoms with van der Waals surface area (Å²) in [6.07, 6.45) is 8.40. The Morgan fingerprint density at radius 3 is 2.50 bits per heavy atom. The quantitative estimate of drug-likeness (QED) is 0.418. The van der Waals surface area contributed by atoms with Gasteiger partial charge in [0.25, 0.3) is 0 Å². The van der Waals surface area contributed by atoms with Crippen molar-refractivity contribution >= 4 is 35.5 Å². The average molecular weight is 563 g/mol. The summed E-state index contributed by atoms with van der Waals surface area (Å²) in [7, 11) is 0. The van der Waals surface area contributed by atoms with Gasteiger partial charge in [0.15, 0.2) is 0 Å². The molecule has 1 saturated carbocycles. The van der Waals surface area contributed by atoms with Crippen molar-refractivity contribution < 1.29 is 19.5 Å². The fourth-order valence-electron chi connectivity index (χ4n) is 5.78. The summed E-state index contributed by atoms with van der Waals surface area (Å²) in [6, 6.07) is 14.2. The number of carbonyl (C=O) groups excluding carboxylic acids is 2. The molecule has 1 aromatic heterocycles. The lowest BCUT2D eigenvalue weighted by Gasteiger charge is -2.41. The lowest BCUT2D eigenvalue weighted by atomic mass is 9.82. The molecular formula is C29H31ClN6O4. The molecular weight excluding hydrogens is 532 g/mol. The van der Waals surface area contributed by atoms with E-state index in [9.17, 15) is 19.5 Å². The van der Waals surface area contributed by atoms with Gasteiger partial charge in [0, 0.05) is 35.2 Å². The van der Waals surface area contributed by atoms with Crippen molar-refractivity contribution in [1.29, 1.82) is 0 Å². The Morgan fingerprint density at radius 1 is 1.02 bits per heavy atom. The van der Waals surface area contributed by atoms with Gasteiger partial charge in [-0.05, 0) is 78.8 Å². The summed E-state index contributed by atoms with van der Waals surface area (Å²) in [5.74, 6) is -1.80. The van der Waals surface area contributed by atoms with Gasteiger partial charge in [-0.1, -0.05) is 41.9 Å². The fourth-order valence-corrected chi connectivity index (χ4v) is 5.96. The van der Waals surface area contributed by atoms with Gasteiger partial charge < -0.3 is 15.3 Å². The van der Waals surface area contributed by atoms with Crippen LogP contribution in [-0.4, -0.2) is 66.6 Å². The van der Waals surface area contributed by atoms with E-state index in [0.717, 1.165) is 18.4 Å². The summed E-state index contributed by atoms with van der Waals surface area (Å²) in [4.78, 5) is 40.5. The summed E-state index contributed by atoms with van der Waals surface area (Å²) in [6.45, 7) is 0.450. The number of aliphatic carboxylic acids is 1. The van der Waals surface area contributed by atoms with Crippen molar-refractivity contribution in [1.82, 2.24) is 30.4 Å². The topological polar surface area (TPSA) is 130 Å². The van der Waals surface area contributed by atoms with E-state index in [1.165, 1.54) is 17.1 Å². The summed E-state index contributed by atoms with van der Waals surface area (Å²) in [5.41, 5.74) is 2.32. The minimum atomic E-state index is -0.785. The third kappa shape index (κ3) is 6.22. The van der Waals surface area contributed by atoms with Crippen LogP contribution in [0.4, 0.5) is 0 Å². The van der Waals surface area contributed by atoms with Gasteiger partial charge in [-0.25, -0.2) is 0 Å². The first-order valence-electron chi connectivity index (χ1n) is 13.5. The van der Waals surface area contributed by atoms with E-state index in [2.05, 4.69) is 20.8 Å². The van der Waals surface area contributed by atoms with E-state index < -0.39 is 12.0 Å². The highest BCUT2D eigenvalue weighted by molar-refractivity contribution is 6.30. The normalized spacial score (nSPS) is 23.2. The summed E-state index contributed by atoms with van der Waals surface area (Å²) >= 11 is 6.24. The molecule has 2 fully saturated rings. The molecule has 11 heteroatoms. The SMILES string of the molecule is O=C(O)C1CCC(NC(=O)[C@H]2[C@@H](c3ccccc3)CCCN2C(=O)/C=C/c2cc(Cl)ccc2-n2cnnn2)CC1. The number of carboxylic acids is 1. The maximum Gasteiger partial charge on any atom is 0.306 e. The van der Waals surface area contributed by atoms with E-state index in [1.54, 1.807) is 29.2 Å². The van der Waals surface area contributed by atoms with E-state index in [0.29, 0.717) is 48.5 Å². The number of nitrogens with zero attached hydrogens (tertiary/aromatic N) is 5. The van der Waals surface area contributed by atoms with Gasteiger partial charge in [-0.2, -0.15) is 4.68 Å². The molecule has 1 saturated heterocycles. The second-order valence-electron chi connectivity index (χ2n) is 10.3. The first-order valence-corrected chi connectivity index (χ1v) is 13.9. The largest absolute Gasteiger partial charge is 0.481 e. The Labute approximate surface area is 237 Å². The number of aromatic nitrogens is 4. The van der Waals surface area contributed by atoms with Gasteiger partial charge >= 0.3 is 5.97 Å². The Hall–Kier alpha value is -4.05. The van der Waals surface area contributed by atoms with Crippen LogP contribution in [0, 0.1) is 5.92 Å².